The van der Waals surface area contributed by atoms with Gasteiger partial charge in [0.05, 0.1) is 5.56 Å². The number of hydrogen-bond donors (Lipinski definition) is 1. The predicted molar refractivity (Wildman–Crippen MR) is 71.8 cm³/mol. The summed E-state index contributed by atoms with van der Waals surface area (Å²) in [6, 6.07) is 6.43. The van der Waals surface area contributed by atoms with Crippen molar-refractivity contribution in [1.82, 2.24) is 0 Å². The Balaban J connectivity index is 2.28. The Bertz CT molecular complexity index is 387. The number of hydrogen-bond acceptors (Lipinski definition) is 3. The Morgan fingerprint density at radius 2 is 2.18 bits per heavy atom. The van der Waals surface area contributed by atoms with Crippen molar-refractivity contribution in [2.24, 2.45) is 0 Å². The minimum Gasteiger partial charge on any atom is -0.385 e. The number of nitrogens with zero attached hydrogens (tertiary/aromatic N) is 1. The van der Waals surface area contributed by atoms with Crippen LogP contribution >= 0.6 is 11.8 Å². The Morgan fingerprint density at radius 3 is 2.82 bits per heavy atom. The van der Waals surface area contributed by atoms with Crippen molar-refractivity contribution in [3.05, 3.63) is 29.6 Å². The Labute approximate surface area is 106 Å². The molecule has 1 rings (SSSR count). The van der Waals surface area contributed by atoms with E-state index in [0.717, 1.165) is 18.7 Å². The molecule has 0 unspecified atom stereocenters. The average Bonchev–Trinajstić information content (AvgIpc) is 2.34. The summed E-state index contributed by atoms with van der Waals surface area (Å²) in [5.74, 6) is 0.741. The molecule has 0 radical (unpaired) electrons. The highest BCUT2D eigenvalue weighted by Crippen LogP contribution is 2.14. The van der Waals surface area contributed by atoms with Gasteiger partial charge in [0.2, 0.25) is 0 Å². The standard InChI is InChI=1S/C13H17FN2S/c1-17-8-4-2-3-7-16-12-6-5-11(10-15)13(14)9-12/h5-6,9,16H,2-4,7-8H2,1H3. The molecule has 0 bridgehead atoms. The predicted octanol–water partition coefficient (Wildman–Crippen LogP) is 3.64. The molecule has 92 valence electrons. The molecule has 0 atom stereocenters. The first-order valence-corrected chi connectivity index (χ1v) is 7.09. The lowest BCUT2D eigenvalue weighted by molar-refractivity contribution is 0.624. The number of nitrogens with one attached hydrogen (secondary N) is 1. The van der Waals surface area contributed by atoms with Gasteiger partial charge in [-0.25, -0.2) is 4.39 Å². The van der Waals surface area contributed by atoms with Crippen molar-refractivity contribution < 1.29 is 4.39 Å². The molecule has 1 N–H and O–H groups in total. The summed E-state index contributed by atoms with van der Waals surface area (Å²) in [7, 11) is 0. The number of nitriles is 1. The lowest BCUT2D eigenvalue weighted by atomic mass is 10.2. The average molecular weight is 252 g/mol. The summed E-state index contributed by atoms with van der Waals surface area (Å²) >= 11 is 1.86. The first-order valence-electron chi connectivity index (χ1n) is 5.70. The summed E-state index contributed by atoms with van der Waals surface area (Å²) in [5, 5.41) is 11.8. The molecule has 2 nitrogen and oxygen atoms in total. The molecular weight excluding hydrogens is 235 g/mol. The van der Waals surface area contributed by atoms with Crippen LogP contribution in [0.4, 0.5) is 10.1 Å². The molecule has 0 spiro atoms. The highest BCUT2D eigenvalue weighted by molar-refractivity contribution is 7.98. The second-order valence-electron chi connectivity index (χ2n) is 3.79. The second kappa shape index (κ2) is 7.97. The second-order valence-corrected chi connectivity index (χ2v) is 4.77. The molecule has 0 aliphatic heterocycles. The van der Waals surface area contributed by atoms with Crippen LogP contribution in [0.25, 0.3) is 0 Å². The third-order valence-electron chi connectivity index (χ3n) is 2.44. The van der Waals surface area contributed by atoms with E-state index in [2.05, 4.69) is 11.6 Å². The molecule has 4 heteroatoms. The van der Waals surface area contributed by atoms with Crippen LogP contribution in [0.5, 0.6) is 0 Å². The van der Waals surface area contributed by atoms with Crippen LogP contribution in [0.15, 0.2) is 18.2 Å². The molecule has 0 fully saturated rings. The third-order valence-corrected chi connectivity index (χ3v) is 3.14. The van der Waals surface area contributed by atoms with Crippen molar-refractivity contribution in [2.75, 3.05) is 23.9 Å². The first-order chi connectivity index (χ1) is 8.27. The monoisotopic (exact) mass is 252 g/mol. The maximum Gasteiger partial charge on any atom is 0.143 e. The number of anilines is 1. The molecule has 1 aromatic carbocycles. The molecule has 0 heterocycles. The lowest BCUT2D eigenvalue weighted by Crippen LogP contribution is -2.02. The highest BCUT2D eigenvalue weighted by atomic mass is 32.2. The number of unbranched alkanes of at least 4 members (excludes halogenated alkanes) is 2. The molecule has 17 heavy (non-hydrogen) atoms. The van der Waals surface area contributed by atoms with Gasteiger partial charge in [-0.2, -0.15) is 17.0 Å². The van der Waals surface area contributed by atoms with Crippen LogP contribution < -0.4 is 5.32 Å². The van der Waals surface area contributed by atoms with Gasteiger partial charge >= 0.3 is 0 Å². The normalized spacial score (nSPS) is 9.94. The van der Waals surface area contributed by atoms with Gasteiger partial charge in [0.1, 0.15) is 11.9 Å². The number of benzene rings is 1. The fraction of sp³-hybridized carbons (Fsp3) is 0.462. The largest absolute Gasteiger partial charge is 0.385 e. The zero-order valence-electron chi connectivity index (χ0n) is 10.0. The molecule has 0 aromatic heterocycles. The van der Waals surface area contributed by atoms with Crippen LogP contribution in [0, 0.1) is 17.1 Å². The van der Waals surface area contributed by atoms with E-state index in [0.29, 0.717) is 0 Å². The highest BCUT2D eigenvalue weighted by Gasteiger charge is 2.01. The molecule has 0 saturated carbocycles. The Morgan fingerprint density at radius 1 is 1.35 bits per heavy atom. The van der Waals surface area contributed by atoms with E-state index in [1.54, 1.807) is 6.07 Å². The maximum atomic E-state index is 13.3. The van der Waals surface area contributed by atoms with Gasteiger partial charge in [0.15, 0.2) is 0 Å². The molecule has 1 aromatic rings. The first kappa shape index (κ1) is 13.9. The van der Waals surface area contributed by atoms with Gasteiger partial charge in [0, 0.05) is 12.2 Å². The zero-order chi connectivity index (χ0) is 12.5. The van der Waals surface area contributed by atoms with E-state index in [1.165, 1.54) is 30.7 Å². The van der Waals surface area contributed by atoms with Crippen LogP contribution in [0.1, 0.15) is 24.8 Å². The van der Waals surface area contributed by atoms with Gasteiger partial charge in [-0.15, -0.1) is 0 Å². The van der Waals surface area contributed by atoms with Crippen molar-refractivity contribution >= 4 is 17.4 Å². The summed E-state index contributed by atoms with van der Waals surface area (Å²) in [5.41, 5.74) is 0.835. The van der Waals surface area contributed by atoms with Crippen LogP contribution in [0.3, 0.4) is 0 Å². The molecule has 0 amide bonds. The van der Waals surface area contributed by atoms with E-state index in [1.807, 2.05) is 17.8 Å². The Hall–Kier alpha value is -1.21. The zero-order valence-corrected chi connectivity index (χ0v) is 10.8. The SMILES string of the molecule is CSCCCCCNc1ccc(C#N)c(F)c1. The van der Waals surface area contributed by atoms with Crippen LogP contribution in [-0.4, -0.2) is 18.6 Å². The topological polar surface area (TPSA) is 35.8 Å². The van der Waals surface area contributed by atoms with Crippen LogP contribution in [0.2, 0.25) is 0 Å². The van der Waals surface area contributed by atoms with Crippen molar-refractivity contribution in [1.29, 1.82) is 5.26 Å². The molecule has 0 aliphatic carbocycles. The fourth-order valence-corrected chi connectivity index (χ4v) is 1.99. The molecule has 0 saturated heterocycles. The van der Waals surface area contributed by atoms with E-state index in [9.17, 15) is 4.39 Å². The lowest BCUT2D eigenvalue weighted by Gasteiger charge is -2.06. The third kappa shape index (κ3) is 5.10. The van der Waals surface area contributed by atoms with Crippen LogP contribution in [-0.2, 0) is 0 Å². The minimum atomic E-state index is -0.458. The molecular formula is C13H17FN2S. The maximum absolute atomic E-state index is 13.3. The van der Waals surface area contributed by atoms with Gasteiger partial charge in [-0.05, 0) is 43.0 Å². The fourth-order valence-electron chi connectivity index (χ4n) is 1.50. The van der Waals surface area contributed by atoms with Gasteiger partial charge < -0.3 is 5.32 Å². The van der Waals surface area contributed by atoms with Gasteiger partial charge in [-0.3, -0.25) is 0 Å². The van der Waals surface area contributed by atoms with Crippen molar-refractivity contribution in [3.8, 4) is 6.07 Å². The van der Waals surface area contributed by atoms with Crippen molar-refractivity contribution in [3.63, 3.8) is 0 Å². The quantitative estimate of drug-likeness (QED) is 0.752. The summed E-state index contributed by atoms with van der Waals surface area (Å²) in [6.45, 7) is 0.847. The minimum absolute atomic E-state index is 0.0931. The van der Waals surface area contributed by atoms with Gasteiger partial charge in [-0.1, -0.05) is 6.42 Å². The summed E-state index contributed by atoms with van der Waals surface area (Å²) < 4.78 is 13.3. The van der Waals surface area contributed by atoms with E-state index in [4.69, 9.17) is 5.26 Å². The van der Waals surface area contributed by atoms with Gasteiger partial charge in [0.25, 0.3) is 0 Å². The number of thioether (sulfide) groups is 1. The van der Waals surface area contributed by atoms with E-state index >= 15 is 0 Å². The summed E-state index contributed by atoms with van der Waals surface area (Å²) in [6.07, 6.45) is 5.61. The summed E-state index contributed by atoms with van der Waals surface area (Å²) in [4.78, 5) is 0. The smallest absolute Gasteiger partial charge is 0.143 e. The number of halogens is 1. The number of rotatable bonds is 7. The van der Waals surface area contributed by atoms with Crippen molar-refractivity contribution in [2.45, 2.75) is 19.3 Å². The Kier molecular flexibility index (Phi) is 6.49. The molecule has 0 aliphatic rings. The van der Waals surface area contributed by atoms with E-state index in [-0.39, 0.29) is 5.56 Å². The van der Waals surface area contributed by atoms with E-state index < -0.39 is 5.82 Å².